The summed E-state index contributed by atoms with van der Waals surface area (Å²) in [6.07, 6.45) is 1.52. The van der Waals surface area contributed by atoms with Gasteiger partial charge in [0.05, 0.1) is 28.5 Å². The van der Waals surface area contributed by atoms with Gasteiger partial charge < -0.3 is 9.47 Å². The zero-order valence-corrected chi connectivity index (χ0v) is 23.5. The van der Waals surface area contributed by atoms with Gasteiger partial charge in [0.15, 0.2) is 5.11 Å². The van der Waals surface area contributed by atoms with Gasteiger partial charge >= 0.3 is 0 Å². The average Bonchev–Trinajstić information content (AvgIpc) is 2.97. The van der Waals surface area contributed by atoms with Gasteiger partial charge in [-0.15, -0.1) is 0 Å². The number of benzene rings is 4. The van der Waals surface area contributed by atoms with Gasteiger partial charge in [-0.3, -0.25) is 19.4 Å². The second-order valence-electron chi connectivity index (χ2n) is 8.73. The fraction of sp³-hybridized carbons (Fsp3) is 0.0645. The standard InChI is InChI=1S/C31H22Cl2N2O4S/c1-38-24-14-13-21(28(18-24)39-19-20-12-15-26(32)27(33)16-20)17-25-29(36)34(22-8-4-2-5-9-22)31(40)35(30(25)37)23-10-6-3-7-11-23/h2-18H,19H2,1H3. The summed E-state index contributed by atoms with van der Waals surface area (Å²) in [5.74, 6) is -0.131. The highest BCUT2D eigenvalue weighted by atomic mass is 35.5. The van der Waals surface area contributed by atoms with Crippen molar-refractivity contribution in [1.82, 2.24) is 0 Å². The Morgan fingerprint density at radius 1 is 0.775 bits per heavy atom. The zero-order valence-electron chi connectivity index (χ0n) is 21.2. The lowest BCUT2D eigenvalue weighted by Crippen LogP contribution is -2.56. The summed E-state index contributed by atoms with van der Waals surface area (Å²) in [6.45, 7) is 0.165. The number of rotatable bonds is 7. The Morgan fingerprint density at radius 3 is 1.93 bits per heavy atom. The maximum absolute atomic E-state index is 13.8. The first-order valence-corrected chi connectivity index (χ1v) is 13.3. The van der Waals surface area contributed by atoms with Gasteiger partial charge in [0.25, 0.3) is 11.8 Å². The lowest BCUT2D eigenvalue weighted by Gasteiger charge is -2.36. The highest BCUT2D eigenvalue weighted by molar-refractivity contribution is 7.81. The van der Waals surface area contributed by atoms with E-state index in [0.717, 1.165) is 5.56 Å². The molecule has 0 unspecified atom stereocenters. The van der Waals surface area contributed by atoms with Crippen LogP contribution in [0.25, 0.3) is 6.08 Å². The maximum atomic E-state index is 13.8. The summed E-state index contributed by atoms with van der Waals surface area (Å²) < 4.78 is 11.5. The number of carbonyl (C=O) groups excluding carboxylic acids is 2. The molecule has 4 aromatic carbocycles. The third-order valence-corrected chi connectivity index (χ3v) is 7.28. The van der Waals surface area contributed by atoms with Crippen LogP contribution >= 0.6 is 35.4 Å². The molecule has 9 heteroatoms. The van der Waals surface area contributed by atoms with E-state index in [1.165, 1.54) is 15.9 Å². The van der Waals surface area contributed by atoms with Gasteiger partial charge in [-0.2, -0.15) is 0 Å². The van der Waals surface area contributed by atoms with Crippen LogP contribution in [-0.4, -0.2) is 24.0 Å². The number of nitrogens with zero attached hydrogens (tertiary/aromatic N) is 2. The van der Waals surface area contributed by atoms with Crippen molar-refractivity contribution in [2.24, 2.45) is 0 Å². The molecule has 0 radical (unpaired) electrons. The van der Waals surface area contributed by atoms with E-state index in [9.17, 15) is 9.59 Å². The van der Waals surface area contributed by atoms with Crippen LogP contribution in [0, 0.1) is 0 Å². The Bertz CT molecular complexity index is 1560. The second kappa shape index (κ2) is 11.9. The number of thiocarbonyl (C=S) groups is 1. The van der Waals surface area contributed by atoms with E-state index in [2.05, 4.69) is 0 Å². The van der Waals surface area contributed by atoms with Crippen LogP contribution in [0.4, 0.5) is 11.4 Å². The number of hydrogen-bond donors (Lipinski definition) is 0. The highest BCUT2D eigenvalue weighted by Gasteiger charge is 2.41. The van der Waals surface area contributed by atoms with Crippen LogP contribution in [0.2, 0.25) is 10.0 Å². The van der Waals surface area contributed by atoms with Crippen LogP contribution in [-0.2, 0) is 16.2 Å². The number of halogens is 2. The van der Waals surface area contributed by atoms with Gasteiger partial charge in [0.2, 0.25) is 0 Å². The van der Waals surface area contributed by atoms with Gasteiger partial charge in [0.1, 0.15) is 23.7 Å². The van der Waals surface area contributed by atoms with E-state index in [1.807, 2.05) is 12.1 Å². The lowest BCUT2D eigenvalue weighted by molar-refractivity contribution is -0.120. The molecule has 2 amide bonds. The molecule has 1 aliphatic rings. The average molecular weight is 590 g/mol. The van der Waals surface area contributed by atoms with Crippen LogP contribution in [0.15, 0.2) is 103 Å². The zero-order chi connectivity index (χ0) is 28.2. The number of para-hydroxylation sites is 2. The van der Waals surface area contributed by atoms with Crippen LogP contribution in [0.1, 0.15) is 11.1 Å². The fourth-order valence-corrected chi connectivity index (χ4v) is 4.87. The number of ether oxygens (including phenoxy) is 2. The third-order valence-electron chi connectivity index (χ3n) is 6.18. The molecule has 1 saturated heterocycles. The van der Waals surface area contributed by atoms with E-state index >= 15 is 0 Å². The van der Waals surface area contributed by atoms with Crippen molar-refractivity contribution in [2.75, 3.05) is 16.9 Å². The Hall–Kier alpha value is -4.17. The Kier molecular flexibility index (Phi) is 8.16. The SMILES string of the molecule is COc1ccc(C=C2C(=O)N(c3ccccc3)C(=S)N(c3ccccc3)C2=O)c(OCc2ccc(Cl)c(Cl)c2)c1. The molecule has 0 atom stereocenters. The van der Waals surface area contributed by atoms with Crippen LogP contribution in [0.3, 0.4) is 0 Å². The van der Waals surface area contributed by atoms with E-state index in [4.69, 9.17) is 44.9 Å². The first kappa shape index (κ1) is 27.4. The topological polar surface area (TPSA) is 59.1 Å². The minimum Gasteiger partial charge on any atom is -0.497 e. The predicted octanol–water partition coefficient (Wildman–Crippen LogP) is 7.33. The van der Waals surface area contributed by atoms with Gasteiger partial charge in [-0.05, 0) is 72.4 Å². The second-order valence-corrected chi connectivity index (χ2v) is 9.91. The fourth-order valence-electron chi connectivity index (χ4n) is 4.17. The monoisotopic (exact) mass is 588 g/mol. The number of hydrogen-bond acceptors (Lipinski definition) is 5. The first-order valence-electron chi connectivity index (χ1n) is 12.2. The van der Waals surface area contributed by atoms with Crippen LogP contribution in [0.5, 0.6) is 11.5 Å². The van der Waals surface area contributed by atoms with E-state index in [0.29, 0.717) is 38.5 Å². The molecule has 0 spiro atoms. The number of anilines is 2. The molecule has 6 nitrogen and oxygen atoms in total. The molecular weight excluding hydrogens is 567 g/mol. The molecule has 40 heavy (non-hydrogen) atoms. The van der Waals surface area contributed by atoms with E-state index < -0.39 is 11.8 Å². The number of carbonyl (C=O) groups is 2. The summed E-state index contributed by atoms with van der Waals surface area (Å²) in [7, 11) is 1.54. The quantitative estimate of drug-likeness (QED) is 0.128. The summed E-state index contributed by atoms with van der Waals surface area (Å²) in [6, 6.07) is 28.3. The molecule has 0 saturated carbocycles. The van der Waals surface area contributed by atoms with Gasteiger partial charge in [-0.1, -0.05) is 65.7 Å². The normalized spacial score (nSPS) is 13.5. The molecule has 0 N–H and O–H groups in total. The molecule has 1 fully saturated rings. The van der Waals surface area contributed by atoms with Crippen molar-refractivity contribution in [3.05, 3.63) is 124 Å². The highest BCUT2D eigenvalue weighted by Crippen LogP contribution is 2.33. The molecule has 0 aliphatic carbocycles. The van der Waals surface area contributed by atoms with E-state index in [1.54, 1.807) is 92.0 Å². The summed E-state index contributed by atoms with van der Waals surface area (Å²) in [5.41, 5.74) is 2.30. The molecule has 200 valence electrons. The molecule has 0 bridgehead atoms. The number of amides is 2. The van der Waals surface area contributed by atoms with Crippen molar-refractivity contribution in [1.29, 1.82) is 0 Å². The van der Waals surface area contributed by atoms with Crippen molar-refractivity contribution in [3.63, 3.8) is 0 Å². The largest absolute Gasteiger partial charge is 0.497 e. The number of methoxy groups -OCH3 is 1. The summed E-state index contributed by atoms with van der Waals surface area (Å²) >= 11 is 17.9. The summed E-state index contributed by atoms with van der Waals surface area (Å²) in [4.78, 5) is 30.4. The molecule has 5 rings (SSSR count). The smallest absolute Gasteiger partial charge is 0.270 e. The van der Waals surface area contributed by atoms with E-state index in [-0.39, 0.29) is 17.3 Å². The summed E-state index contributed by atoms with van der Waals surface area (Å²) in [5, 5.41) is 0.915. The third kappa shape index (κ3) is 5.58. The molecule has 1 aliphatic heterocycles. The Balaban J connectivity index is 1.58. The minimum atomic E-state index is -0.542. The van der Waals surface area contributed by atoms with Crippen molar-refractivity contribution in [2.45, 2.75) is 6.61 Å². The maximum Gasteiger partial charge on any atom is 0.270 e. The van der Waals surface area contributed by atoms with Crippen molar-refractivity contribution < 1.29 is 19.1 Å². The van der Waals surface area contributed by atoms with Gasteiger partial charge in [0, 0.05) is 11.6 Å². The predicted molar refractivity (Wildman–Crippen MR) is 162 cm³/mol. The Morgan fingerprint density at radius 2 is 1.38 bits per heavy atom. The molecule has 1 heterocycles. The molecule has 4 aromatic rings. The minimum absolute atomic E-state index is 0.0652. The lowest BCUT2D eigenvalue weighted by atomic mass is 10.0. The van der Waals surface area contributed by atoms with Gasteiger partial charge in [-0.25, -0.2) is 0 Å². The molecule has 0 aromatic heterocycles. The van der Waals surface area contributed by atoms with Crippen molar-refractivity contribution in [3.8, 4) is 11.5 Å². The Labute approximate surface area is 246 Å². The van der Waals surface area contributed by atoms with Crippen molar-refractivity contribution >= 4 is 69.8 Å². The van der Waals surface area contributed by atoms with Crippen LogP contribution < -0.4 is 19.3 Å². The first-order chi connectivity index (χ1) is 19.4. The molecular formula is C31H22Cl2N2O4S.